The highest BCUT2D eigenvalue weighted by Gasteiger charge is 2.52. The number of nitrogens with zero attached hydrogens (tertiary/aromatic N) is 4. The van der Waals surface area contributed by atoms with Gasteiger partial charge in [0, 0.05) is 35.6 Å². The SMILES string of the molecule is CC1(C)OCC2(CCN(c3cnc(Sc4ccnc(N)c4Cl)c(N)n3)CC2)[C@@H]1N. The van der Waals surface area contributed by atoms with Crippen LogP contribution < -0.4 is 22.1 Å². The van der Waals surface area contributed by atoms with Crippen LogP contribution in [0.5, 0.6) is 0 Å². The molecule has 0 radical (unpaired) electrons. The first-order valence-corrected chi connectivity index (χ1v) is 10.8. The Kier molecular flexibility index (Phi) is 5.27. The van der Waals surface area contributed by atoms with Gasteiger partial charge in [-0.2, -0.15) is 0 Å². The number of halogens is 1. The van der Waals surface area contributed by atoms with Crippen molar-refractivity contribution in [2.24, 2.45) is 11.1 Å². The molecule has 0 bridgehead atoms. The molecule has 0 aromatic carbocycles. The van der Waals surface area contributed by atoms with Crippen molar-refractivity contribution >= 4 is 40.8 Å². The molecule has 6 N–H and O–H groups in total. The van der Waals surface area contributed by atoms with Crippen molar-refractivity contribution in [1.29, 1.82) is 0 Å². The van der Waals surface area contributed by atoms with E-state index in [1.165, 1.54) is 11.8 Å². The van der Waals surface area contributed by atoms with Crippen molar-refractivity contribution in [2.75, 3.05) is 36.1 Å². The van der Waals surface area contributed by atoms with E-state index < -0.39 is 0 Å². The lowest BCUT2D eigenvalue weighted by molar-refractivity contribution is 0.0248. The topological polar surface area (TPSA) is 129 Å². The summed E-state index contributed by atoms with van der Waals surface area (Å²) in [6.07, 6.45) is 5.27. The highest BCUT2D eigenvalue weighted by Crippen LogP contribution is 2.46. The summed E-state index contributed by atoms with van der Waals surface area (Å²) in [5.74, 6) is 1.41. The average molecular weight is 436 g/mol. The molecule has 2 aromatic rings. The highest BCUT2D eigenvalue weighted by molar-refractivity contribution is 7.99. The lowest BCUT2D eigenvalue weighted by Crippen LogP contribution is -2.53. The van der Waals surface area contributed by atoms with E-state index in [2.05, 4.69) is 33.7 Å². The van der Waals surface area contributed by atoms with Crippen molar-refractivity contribution in [2.45, 2.75) is 48.3 Å². The first-order chi connectivity index (χ1) is 13.7. The zero-order valence-electron chi connectivity index (χ0n) is 16.6. The Bertz CT molecular complexity index is 917. The van der Waals surface area contributed by atoms with E-state index in [4.69, 9.17) is 33.5 Å². The number of pyridine rings is 1. The van der Waals surface area contributed by atoms with Gasteiger partial charge in [-0.25, -0.2) is 15.0 Å². The highest BCUT2D eigenvalue weighted by atomic mass is 35.5. The number of nitrogens with two attached hydrogens (primary N) is 3. The largest absolute Gasteiger partial charge is 0.382 e. The Labute approximate surface area is 179 Å². The van der Waals surface area contributed by atoms with Crippen LogP contribution in [0, 0.1) is 5.41 Å². The molecule has 2 saturated heterocycles. The van der Waals surface area contributed by atoms with E-state index in [-0.39, 0.29) is 22.9 Å². The fraction of sp³-hybridized carbons (Fsp3) is 0.526. The molecule has 29 heavy (non-hydrogen) atoms. The molecule has 10 heteroatoms. The normalized spacial score (nSPS) is 22.9. The van der Waals surface area contributed by atoms with Crippen LogP contribution in [0.25, 0.3) is 0 Å². The molecule has 8 nitrogen and oxygen atoms in total. The number of piperidine rings is 1. The van der Waals surface area contributed by atoms with Gasteiger partial charge in [-0.1, -0.05) is 23.4 Å². The number of nitrogen functional groups attached to an aromatic ring is 2. The molecule has 4 rings (SSSR count). The zero-order valence-corrected chi connectivity index (χ0v) is 18.1. The van der Waals surface area contributed by atoms with Crippen molar-refractivity contribution in [1.82, 2.24) is 15.0 Å². The summed E-state index contributed by atoms with van der Waals surface area (Å²) in [6.45, 7) is 6.56. The second-order valence-corrected chi connectivity index (χ2v) is 9.66. The predicted molar refractivity (Wildman–Crippen MR) is 116 cm³/mol. The Balaban J connectivity index is 1.46. The smallest absolute Gasteiger partial charge is 0.158 e. The van der Waals surface area contributed by atoms with Gasteiger partial charge in [0.1, 0.15) is 16.7 Å². The van der Waals surface area contributed by atoms with Crippen molar-refractivity contribution in [3.05, 3.63) is 23.5 Å². The molecule has 2 fully saturated rings. The van der Waals surface area contributed by atoms with Gasteiger partial charge >= 0.3 is 0 Å². The third-order valence-corrected chi connectivity index (χ3v) is 7.64. The summed E-state index contributed by atoms with van der Waals surface area (Å²) in [5.41, 5.74) is 18.2. The second-order valence-electron chi connectivity index (χ2n) is 8.25. The number of ether oxygens (including phenoxy) is 1. The van der Waals surface area contributed by atoms with Crippen LogP contribution in [0.3, 0.4) is 0 Å². The Morgan fingerprint density at radius 2 is 1.93 bits per heavy atom. The molecular weight excluding hydrogens is 410 g/mol. The lowest BCUT2D eigenvalue weighted by Gasteiger charge is -2.42. The monoisotopic (exact) mass is 435 g/mol. The molecule has 2 aliphatic rings. The maximum atomic E-state index is 6.53. The third kappa shape index (κ3) is 3.72. The summed E-state index contributed by atoms with van der Waals surface area (Å²) < 4.78 is 5.98. The van der Waals surface area contributed by atoms with Crippen LogP contribution in [-0.4, -0.2) is 46.3 Å². The van der Waals surface area contributed by atoms with Crippen LogP contribution in [0.1, 0.15) is 26.7 Å². The van der Waals surface area contributed by atoms with E-state index in [1.807, 2.05) is 0 Å². The van der Waals surface area contributed by atoms with Crippen LogP contribution in [0.4, 0.5) is 17.5 Å². The molecule has 1 atom stereocenters. The minimum Gasteiger partial charge on any atom is -0.382 e. The first kappa shape index (κ1) is 20.5. The van der Waals surface area contributed by atoms with Crippen LogP contribution in [-0.2, 0) is 4.74 Å². The van der Waals surface area contributed by atoms with Gasteiger partial charge in [-0.15, -0.1) is 0 Å². The lowest BCUT2D eigenvalue weighted by atomic mass is 9.71. The van der Waals surface area contributed by atoms with Crippen LogP contribution in [0.15, 0.2) is 28.4 Å². The minimum absolute atomic E-state index is 0.0321. The third-order valence-electron chi connectivity index (χ3n) is 6.06. The van der Waals surface area contributed by atoms with E-state index in [9.17, 15) is 0 Å². The quantitative estimate of drug-likeness (QED) is 0.665. The van der Waals surface area contributed by atoms with Crippen molar-refractivity contribution in [3.63, 3.8) is 0 Å². The number of anilines is 3. The van der Waals surface area contributed by atoms with Gasteiger partial charge in [-0.05, 0) is 32.8 Å². The molecule has 156 valence electrons. The molecular formula is C19H26ClN7OS. The molecule has 1 spiro atoms. The van der Waals surface area contributed by atoms with Gasteiger partial charge in [0.05, 0.1) is 23.4 Å². The fourth-order valence-electron chi connectivity index (χ4n) is 4.12. The van der Waals surface area contributed by atoms with Crippen molar-refractivity contribution < 1.29 is 4.74 Å². The Morgan fingerprint density at radius 3 is 2.55 bits per heavy atom. The number of hydrogen-bond donors (Lipinski definition) is 3. The molecule has 4 heterocycles. The van der Waals surface area contributed by atoms with E-state index in [0.717, 1.165) is 36.6 Å². The number of aromatic nitrogens is 3. The zero-order chi connectivity index (χ0) is 20.8. The maximum Gasteiger partial charge on any atom is 0.158 e. The van der Waals surface area contributed by atoms with E-state index in [0.29, 0.717) is 22.5 Å². The molecule has 2 aromatic heterocycles. The second kappa shape index (κ2) is 7.46. The molecule has 0 unspecified atom stereocenters. The average Bonchev–Trinajstić information content (AvgIpc) is 2.92. The summed E-state index contributed by atoms with van der Waals surface area (Å²) in [6, 6.07) is 1.81. The van der Waals surface area contributed by atoms with E-state index >= 15 is 0 Å². The van der Waals surface area contributed by atoms with Gasteiger partial charge in [0.25, 0.3) is 0 Å². The molecule has 0 amide bonds. The fourth-order valence-corrected chi connectivity index (χ4v) is 5.14. The van der Waals surface area contributed by atoms with Gasteiger partial charge < -0.3 is 26.8 Å². The van der Waals surface area contributed by atoms with E-state index in [1.54, 1.807) is 18.5 Å². The summed E-state index contributed by atoms with van der Waals surface area (Å²) in [7, 11) is 0. The summed E-state index contributed by atoms with van der Waals surface area (Å²) in [5, 5.41) is 0.977. The van der Waals surface area contributed by atoms with Gasteiger partial charge in [-0.3, -0.25) is 0 Å². The Hall–Kier alpha value is -1.81. The Morgan fingerprint density at radius 1 is 1.21 bits per heavy atom. The van der Waals surface area contributed by atoms with Crippen molar-refractivity contribution in [3.8, 4) is 0 Å². The number of rotatable bonds is 3. The molecule has 0 saturated carbocycles. The number of hydrogen-bond acceptors (Lipinski definition) is 9. The molecule has 0 aliphatic carbocycles. The minimum atomic E-state index is -0.275. The standard InChI is InChI=1S/C19H26ClN7OS/c1-18(2)17(23)19(10-28-18)4-7-27(8-5-19)12-9-25-16(15(22)26-12)29-11-3-6-24-14(21)13(11)20/h3,6,9,17H,4-5,7-8,10,23H2,1-2H3,(H2,21,24)(H2,22,26)/t17-/m1/s1. The molecule has 2 aliphatic heterocycles. The first-order valence-electron chi connectivity index (χ1n) is 9.57. The predicted octanol–water partition coefficient (Wildman–Crippen LogP) is 2.56. The van der Waals surface area contributed by atoms with Crippen LogP contribution in [0.2, 0.25) is 5.02 Å². The maximum absolute atomic E-state index is 6.53. The van der Waals surface area contributed by atoms with Crippen LogP contribution >= 0.6 is 23.4 Å². The van der Waals surface area contributed by atoms with Gasteiger partial charge in [0.15, 0.2) is 5.82 Å². The summed E-state index contributed by atoms with van der Waals surface area (Å²) >= 11 is 7.54. The summed E-state index contributed by atoms with van der Waals surface area (Å²) in [4.78, 5) is 16.0. The van der Waals surface area contributed by atoms with Gasteiger partial charge in [0.2, 0.25) is 0 Å².